The molecule has 166 valence electrons. The van der Waals surface area contributed by atoms with Gasteiger partial charge in [0.15, 0.2) is 0 Å². The molecule has 1 N–H and O–H groups in total. The summed E-state index contributed by atoms with van der Waals surface area (Å²) in [5.41, 5.74) is 3.58. The van der Waals surface area contributed by atoms with E-state index in [-0.39, 0.29) is 17.7 Å². The van der Waals surface area contributed by atoms with Crippen LogP contribution in [-0.2, 0) is 29.0 Å². The van der Waals surface area contributed by atoms with Crippen molar-refractivity contribution < 1.29 is 9.59 Å². The fourth-order valence-electron chi connectivity index (χ4n) is 4.81. The Morgan fingerprint density at radius 3 is 2.66 bits per heavy atom. The Morgan fingerprint density at radius 1 is 1.12 bits per heavy atom. The average Bonchev–Trinajstić information content (AvgIpc) is 3.46. The fraction of sp³-hybridized carbons (Fsp3) is 0.400. The number of piperidine rings is 1. The summed E-state index contributed by atoms with van der Waals surface area (Å²) in [7, 11) is 0. The van der Waals surface area contributed by atoms with Crippen LogP contribution < -0.4 is 5.32 Å². The number of hydrogen-bond acceptors (Lipinski definition) is 4. The molecule has 1 aromatic heterocycles. The van der Waals surface area contributed by atoms with Crippen molar-refractivity contribution >= 4 is 40.0 Å². The second-order valence-corrected chi connectivity index (χ2v) is 9.60. The molecule has 5 rings (SSSR count). The summed E-state index contributed by atoms with van der Waals surface area (Å²) in [5.74, 6) is 0.552. The number of benzene rings is 2. The van der Waals surface area contributed by atoms with Gasteiger partial charge in [-0.15, -0.1) is 11.8 Å². The number of aryl methyl sites for hydroxylation is 3. The summed E-state index contributed by atoms with van der Waals surface area (Å²) in [5, 5.41) is 9.82. The molecule has 0 spiro atoms. The van der Waals surface area contributed by atoms with Gasteiger partial charge < -0.3 is 10.2 Å². The van der Waals surface area contributed by atoms with Crippen LogP contribution in [0.15, 0.2) is 47.6 Å². The number of anilines is 1. The minimum absolute atomic E-state index is 0.0232. The highest BCUT2D eigenvalue weighted by Crippen LogP contribution is 2.36. The van der Waals surface area contributed by atoms with Gasteiger partial charge in [-0.05, 0) is 60.6 Å². The molecular weight excluding hydrogens is 420 g/mol. The van der Waals surface area contributed by atoms with Crippen LogP contribution in [0.3, 0.4) is 0 Å². The summed E-state index contributed by atoms with van der Waals surface area (Å²) in [6.07, 6.45) is 7.15. The molecule has 3 aromatic rings. The largest absolute Gasteiger partial charge is 0.342 e. The summed E-state index contributed by atoms with van der Waals surface area (Å²) in [6, 6.07) is 10.9. The highest BCUT2D eigenvalue weighted by atomic mass is 32.2. The van der Waals surface area contributed by atoms with Crippen LogP contribution >= 0.6 is 11.8 Å². The molecule has 2 heterocycles. The van der Waals surface area contributed by atoms with Crippen LogP contribution in [0.1, 0.15) is 30.9 Å². The van der Waals surface area contributed by atoms with Crippen LogP contribution in [0.5, 0.6) is 0 Å². The van der Waals surface area contributed by atoms with Crippen LogP contribution in [0.4, 0.5) is 5.69 Å². The molecule has 6 nitrogen and oxygen atoms in total. The van der Waals surface area contributed by atoms with Crippen molar-refractivity contribution in [2.24, 2.45) is 5.92 Å². The van der Waals surface area contributed by atoms with Crippen molar-refractivity contribution in [3.63, 3.8) is 0 Å². The van der Waals surface area contributed by atoms with Crippen molar-refractivity contribution in [2.45, 2.75) is 44.0 Å². The first-order valence-electron chi connectivity index (χ1n) is 11.4. The number of aromatic nitrogens is 2. The Balaban J connectivity index is 1.14. The molecule has 32 heavy (non-hydrogen) atoms. The van der Waals surface area contributed by atoms with Crippen LogP contribution in [0.2, 0.25) is 0 Å². The van der Waals surface area contributed by atoms with E-state index in [0.29, 0.717) is 31.7 Å². The SMILES string of the molecule is CCn1cc(NC(=O)C2CCN(C(=O)CSc3ccc4c5c(cccc35)CC4)CC2)cn1. The standard InChI is InChI=1S/C25H28N4O2S/c1-2-29-15-20(14-26-29)27-25(31)19-10-12-28(13-11-19)23(30)16-32-22-9-8-18-7-6-17-4-3-5-21(22)24(17)18/h3-5,8-9,14-15,19H,2,6-7,10-13,16H2,1H3,(H,27,31). The Hall–Kier alpha value is -2.80. The molecule has 1 saturated heterocycles. The molecule has 2 aliphatic rings. The number of rotatable bonds is 6. The van der Waals surface area contributed by atoms with Crippen LogP contribution in [0.25, 0.3) is 10.8 Å². The highest BCUT2D eigenvalue weighted by Gasteiger charge is 2.27. The first-order chi connectivity index (χ1) is 15.6. The maximum Gasteiger partial charge on any atom is 0.232 e. The monoisotopic (exact) mass is 448 g/mol. The Bertz CT molecular complexity index is 1150. The molecule has 1 aliphatic carbocycles. The van der Waals surface area contributed by atoms with Crippen molar-refractivity contribution in [1.29, 1.82) is 0 Å². The molecular formula is C25H28N4O2S. The molecule has 0 unspecified atom stereocenters. The molecule has 0 saturated carbocycles. The fourth-order valence-corrected chi connectivity index (χ4v) is 5.76. The summed E-state index contributed by atoms with van der Waals surface area (Å²) < 4.78 is 1.79. The molecule has 1 aliphatic heterocycles. The van der Waals surface area contributed by atoms with E-state index >= 15 is 0 Å². The van der Waals surface area contributed by atoms with Crippen molar-refractivity contribution in [3.8, 4) is 0 Å². The van der Waals surface area contributed by atoms with Gasteiger partial charge in [-0.2, -0.15) is 5.10 Å². The average molecular weight is 449 g/mol. The van der Waals surface area contributed by atoms with Gasteiger partial charge in [-0.25, -0.2) is 0 Å². The lowest BCUT2D eigenvalue weighted by Crippen LogP contribution is -2.42. The first-order valence-corrected chi connectivity index (χ1v) is 12.4. The van der Waals surface area contributed by atoms with Gasteiger partial charge in [0.1, 0.15) is 0 Å². The third kappa shape index (κ3) is 4.13. The zero-order valence-corrected chi connectivity index (χ0v) is 19.2. The van der Waals surface area contributed by atoms with Gasteiger partial charge in [-0.3, -0.25) is 14.3 Å². The molecule has 2 aromatic carbocycles. The molecule has 0 atom stereocenters. The lowest BCUT2D eigenvalue weighted by Gasteiger charge is -2.31. The number of nitrogens with zero attached hydrogens (tertiary/aromatic N) is 3. The zero-order chi connectivity index (χ0) is 22.1. The lowest BCUT2D eigenvalue weighted by molar-refractivity contribution is -0.132. The molecule has 0 radical (unpaired) electrons. The van der Waals surface area contributed by atoms with E-state index in [1.165, 1.54) is 26.8 Å². The maximum atomic E-state index is 12.9. The van der Waals surface area contributed by atoms with E-state index in [0.717, 1.165) is 25.1 Å². The van der Waals surface area contributed by atoms with Gasteiger partial charge in [0.2, 0.25) is 11.8 Å². The zero-order valence-electron chi connectivity index (χ0n) is 18.3. The number of likely N-dealkylation sites (tertiary alicyclic amines) is 1. The number of nitrogens with one attached hydrogen (secondary N) is 1. The smallest absolute Gasteiger partial charge is 0.232 e. The number of hydrogen-bond donors (Lipinski definition) is 1. The van der Waals surface area contributed by atoms with Crippen LogP contribution in [0, 0.1) is 5.92 Å². The van der Waals surface area contributed by atoms with E-state index in [1.807, 2.05) is 18.0 Å². The topological polar surface area (TPSA) is 67.2 Å². The van der Waals surface area contributed by atoms with E-state index in [4.69, 9.17) is 0 Å². The number of carbonyl (C=O) groups excluding carboxylic acids is 2. The molecule has 7 heteroatoms. The molecule has 0 bridgehead atoms. The predicted molar refractivity (Wildman–Crippen MR) is 128 cm³/mol. The van der Waals surface area contributed by atoms with E-state index in [1.54, 1.807) is 22.6 Å². The maximum absolute atomic E-state index is 12.9. The number of amides is 2. The highest BCUT2D eigenvalue weighted by molar-refractivity contribution is 8.00. The second-order valence-electron chi connectivity index (χ2n) is 8.58. The third-order valence-electron chi connectivity index (χ3n) is 6.63. The van der Waals surface area contributed by atoms with Gasteiger partial charge in [0.05, 0.1) is 17.6 Å². The minimum atomic E-state index is -0.0619. The van der Waals surface area contributed by atoms with Crippen molar-refractivity contribution in [1.82, 2.24) is 14.7 Å². The van der Waals surface area contributed by atoms with Crippen molar-refractivity contribution in [3.05, 3.63) is 53.9 Å². The second kappa shape index (κ2) is 8.98. The minimum Gasteiger partial charge on any atom is -0.342 e. The lowest BCUT2D eigenvalue weighted by atomic mass is 9.96. The summed E-state index contributed by atoms with van der Waals surface area (Å²) in [6.45, 7) is 4.05. The van der Waals surface area contributed by atoms with E-state index in [2.05, 4.69) is 40.7 Å². The van der Waals surface area contributed by atoms with Gasteiger partial charge in [0, 0.05) is 36.6 Å². The third-order valence-corrected chi connectivity index (χ3v) is 7.69. The van der Waals surface area contributed by atoms with Gasteiger partial charge >= 0.3 is 0 Å². The predicted octanol–water partition coefficient (Wildman–Crippen LogP) is 4.12. The van der Waals surface area contributed by atoms with Gasteiger partial charge in [0.25, 0.3) is 0 Å². The molecule has 2 amide bonds. The summed E-state index contributed by atoms with van der Waals surface area (Å²) in [4.78, 5) is 28.5. The Labute approximate surface area is 192 Å². The normalized spacial score (nSPS) is 16.0. The Kier molecular flexibility index (Phi) is 5.91. The number of carbonyl (C=O) groups is 2. The quantitative estimate of drug-likeness (QED) is 0.576. The Morgan fingerprint density at radius 2 is 1.91 bits per heavy atom. The summed E-state index contributed by atoms with van der Waals surface area (Å²) >= 11 is 1.63. The van der Waals surface area contributed by atoms with E-state index in [9.17, 15) is 9.59 Å². The number of thioether (sulfide) groups is 1. The van der Waals surface area contributed by atoms with E-state index < -0.39 is 0 Å². The first kappa shape index (κ1) is 21.1. The molecule has 1 fully saturated rings. The van der Waals surface area contributed by atoms with Gasteiger partial charge in [-0.1, -0.05) is 24.3 Å². The van der Waals surface area contributed by atoms with Crippen LogP contribution in [-0.4, -0.2) is 45.3 Å². The van der Waals surface area contributed by atoms with Crippen molar-refractivity contribution in [2.75, 3.05) is 24.2 Å².